The maximum Gasteiger partial charge on any atom is 0.293 e. The molecule has 0 saturated heterocycles. The summed E-state index contributed by atoms with van der Waals surface area (Å²) in [7, 11) is 1.70. The molecule has 4 heteroatoms. The van der Waals surface area contributed by atoms with Crippen LogP contribution in [0.1, 0.15) is 40.5 Å². The van der Waals surface area contributed by atoms with E-state index in [4.69, 9.17) is 9.47 Å². The Hall–Kier alpha value is -0.610. The van der Waals surface area contributed by atoms with Crippen LogP contribution in [0.25, 0.3) is 0 Å². The van der Waals surface area contributed by atoms with Crippen LogP contribution in [0.4, 0.5) is 0 Å². The zero-order valence-electron chi connectivity index (χ0n) is 11.0. The molecule has 0 aromatic carbocycles. The van der Waals surface area contributed by atoms with Gasteiger partial charge in [-0.1, -0.05) is 0 Å². The standard InChI is InChI=1S/C12H24O4/c1-11(2,14-5)7-9-16-12(3,4)6-8-15-10-13/h10H,6-9H2,1-5H3. The van der Waals surface area contributed by atoms with E-state index in [1.165, 1.54) is 0 Å². The highest BCUT2D eigenvalue weighted by molar-refractivity contribution is 5.36. The number of carbonyl (C=O) groups is 1. The molecule has 0 spiro atoms. The van der Waals surface area contributed by atoms with Crippen LogP contribution in [0.15, 0.2) is 0 Å². The minimum atomic E-state index is -0.271. The Morgan fingerprint density at radius 3 is 2.06 bits per heavy atom. The average Bonchev–Trinajstić information content (AvgIpc) is 2.17. The molecule has 0 radical (unpaired) electrons. The summed E-state index contributed by atoms with van der Waals surface area (Å²) in [6.45, 7) is 9.52. The molecule has 0 heterocycles. The molecule has 0 aromatic rings. The van der Waals surface area contributed by atoms with Gasteiger partial charge in [0.2, 0.25) is 0 Å². The van der Waals surface area contributed by atoms with Crippen molar-refractivity contribution in [3.63, 3.8) is 0 Å². The molecule has 0 rings (SSSR count). The Morgan fingerprint density at radius 2 is 1.56 bits per heavy atom. The lowest BCUT2D eigenvalue weighted by molar-refractivity contribution is -0.130. The van der Waals surface area contributed by atoms with Crippen molar-refractivity contribution in [3.05, 3.63) is 0 Å². The van der Waals surface area contributed by atoms with Crippen LogP contribution in [0.2, 0.25) is 0 Å². The summed E-state index contributed by atoms with van der Waals surface area (Å²) in [6, 6.07) is 0. The first-order chi connectivity index (χ1) is 7.33. The number of rotatable bonds is 9. The van der Waals surface area contributed by atoms with E-state index in [1.807, 2.05) is 27.7 Å². The number of hydrogen-bond donors (Lipinski definition) is 0. The minimum Gasteiger partial charge on any atom is -0.468 e. The highest BCUT2D eigenvalue weighted by atomic mass is 16.5. The Kier molecular flexibility index (Phi) is 6.60. The van der Waals surface area contributed by atoms with Crippen molar-refractivity contribution >= 4 is 6.47 Å². The molecule has 0 aliphatic carbocycles. The Morgan fingerprint density at radius 1 is 1.00 bits per heavy atom. The maximum atomic E-state index is 10.00. The Bertz CT molecular complexity index is 199. The topological polar surface area (TPSA) is 44.8 Å². The minimum absolute atomic E-state index is 0.157. The van der Waals surface area contributed by atoms with Crippen LogP contribution in [-0.4, -0.2) is 38.0 Å². The van der Waals surface area contributed by atoms with Gasteiger partial charge in [0.25, 0.3) is 6.47 Å². The van der Waals surface area contributed by atoms with Crippen LogP contribution < -0.4 is 0 Å². The molecule has 0 aliphatic heterocycles. The van der Waals surface area contributed by atoms with Crippen molar-refractivity contribution in [2.24, 2.45) is 0 Å². The van der Waals surface area contributed by atoms with E-state index in [2.05, 4.69) is 4.74 Å². The molecule has 0 saturated carbocycles. The Balaban J connectivity index is 3.76. The third kappa shape index (κ3) is 7.65. The predicted octanol–water partition coefficient (Wildman–Crippen LogP) is 2.16. The number of ether oxygens (including phenoxy) is 3. The fourth-order valence-electron chi connectivity index (χ4n) is 1.10. The molecule has 0 bridgehead atoms. The van der Waals surface area contributed by atoms with Crippen molar-refractivity contribution in [1.29, 1.82) is 0 Å². The van der Waals surface area contributed by atoms with Gasteiger partial charge in [-0.25, -0.2) is 0 Å². The molecule has 96 valence electrons. The molecule has 0 aliphatic rings. The first-order valence-corrected chi connectivity index (χ1v) is 5.57. The van der Waals surface area contributed by atoms with Crippen molar-refractivity contribution in [1.82, 2.24) is 0 Å². The van der Waals surface area contributed by atoms with Gasteiger partial charge >= 0.3 is 0 Å². The van der Waals surface area contributed by atoms with Gasteiger partial charge in [-0.15, -0.1) is 0 Å². The molecule has 0 aromatic heterocycles. The van der Waals surface area contributed by atoms with Gasteiger partial charge in [0, 0.05) is 13.5 Å². The average molecular weight is 232 g/mol. The van der Waals surface area contributed by atoms with Crippen LogP contribution in [0.3, 0.4) is 0 Å². The first-order valence-electron chi connectivity index (χ1n) is 5.57. The quantitative estimate of drug-likeness (QED) is 0.451. The second-order valence-corrected chi connectivity index (χ2v) is 5.04. The molecule has 4 nitrogen and oxygen atoms in total. The normalized spacial score (nSPS) is 12.6. The highest BCUT2D eigenvalue weighted by Gasteiger charge is 2.21. The summed E-state index contributed by atoms with van der Waals surface area (Å²) in [4.78, 5) is 10.00. The van der Waals surface area contributed by atoms with E-state index in [-0.39, 0.29) is 11.2 Å². The summed E-state index contributed by atoms with van der Waals surface area (Å²) >= 11 is 0. The lowest BCUT2D eigenvalue weighted by Gasteiger charge is -2.28. The fraction of sp³-hybridized carbons (Fsp3) is 0.917. The zero-order chi connectivity index (χ0) is 12.7. The van der Waals surface area contributed by atoms with Crippen LogP contribution in [0, 0.1) is 0 Å². The lowest BCUT2D eigenvalue weighted by atomic mass is 10.0. The number of hydrogen-bond acceptors (Lipinski definition) is 4. The third-order valence-electron chi connectivity index (χ3n) is 2.64. The summed E-state index contributed by atoms with van der Waals surface area (Å²) < 4.78 is 15.7. The SMILES string of the molecule is COC(C)(C)CCOC(C)(C)CCOC=O. The second-order valence-electron chi connectivity index (χ2n) is 5.04. The first kappa shape index (κ1) is 15.4. The van der Waals surface area contributed by atoms with Gasteiger partial charge in [-0.3, -0.25) is 4.79 Å². The Labute approximate surface area is 98.3 Å². The molecule has 0 fully saturated rings. The zero-order valence-corrected chi connectivity index (χ0v) is 11.0. The summed E-state index contributed by atoms with van der Waals surface area (Å²) in [5, 5.41) is 0. The maximum absolute atomic E-state index is 10.00. The number of methoxy groups -OCH3 is 1. The fourth-order valence-corrected chi connectivity index (χ4v) is 1.10. The monoisotopic (exact) mass is 232 g/mol. The molecule has 0 N–H and O–H groups in total. The smallest absolute Gasteiger partial charge is 0.293 e. The van der Waals surface area contributed by atoms with Crippen LogP contribution in [-0.2, 0) is 19.0 Å². The summed E-state index contributed by atoms with van der Waals surface area (Å²) in [5.74, 6) is 0. The van der Waals surface area contributed by atoms with Crippen molar-refractivity contribution in [2.75, 3.05) is 20.3 Å². The molecule has 0 unspecified atom stereocenters. The van der Waals surface area contributed by atoms with Gasteiger partial charge < -0.3 is 14.2 Å². The van der Waals surface area contributed by atoms with Gasteiger partial charge in [0.05, 0.1) is 24.4 Å². The van der Waals surface area contributed by atoms with Gasteiger partial charge in [0.1, 0.15) is 0 Å². The van der Waals surface area contributed by atoms with E-state index < -0.39 is 0 Å². The lowest BCUT2D eigenvalue weighted by Crippen LogP contribution is -2.31. The highest BCUT2D eigenvalue weighted by Crippen LogP contribution is 2.18. The second kappa shape index (κ2) is 6.86. The molecule has 16 heavy (non-hydrogen) atoms. The van der Waals surface area contributed by atoms with Crippen molar-refractivity contribution in [3.8, 4) is 0 Å². The summed E-state index contributed by atoms with van der Waals surface area (Å²) in [5.41, 5.74) is -0.428. The largest absolute Gasteiger partial charge is 0.468 e. The van der Waals surface area contributed by atoms with E-state index in [0.29, 0.717) is 26.1 Å². The van der Waals surface area contributed by atoms with E-state index >= 15 is 0 Å². The predicted molar refractivity (Wildman–Crippen MR) is 62.4 cm³/mol. The summed E-state index contributed by atoms with van der Waals surface area (Å²) in [6.07, 6.45) is 1.53. The molecular weight excluding hydrogens is 208 g/mol. The van der Waals surface area contributed by atoms with Gasteiger partial charge in [-0.05, 0) is 34.1 Å². The number of carbonyl (C=O) groups excluding carboxylic acids is 1. The van der Waals surface area contributed by atoms with Crippen molar-refractivity contribution < 1.29 is 19.0 Å². The van der Waals surface area contributed by atoms with Gasteiger partial charge in [-0.2, -0.15) is 0 Å². The van der Waals surface area contributed by atoms with E-state index in [1.54, 1.807) is 7.11 Å². The van der Waals surface area contributed by atoms with Crippen LogP contribution >= 0.6 is 0 Å². The third-order valence-corrected chi connectivity index (χ3v) is 2.64. The van der Waals surface area contributed by atoms with E-state index in [0.717, 1.165) is 6.42 Å². The molecule has 0 amide bonds. The van der Waals surface area contributed by atoms with Crippen LogP contribution in [0.5, 0.6) is 0 Å². The van der Waals surface area contributed by atoms with E-state index in [9.17, 15) is 4.79 Å². The molecule has 0 atom stereocenters. The van der Waals surface area contributed by atoms with Crippen molar-refractivity contribution in [2.45, 2.75) is 51.7 Å². The molecular formula is C12H24O4. The van der Waals surface area contributed by atoms with Gasteiger partial charge in [0.15, 0.2) is 0 Å².